The lowest BCUT2D eigenvalue weighted by atomic mass is 9.84. The van der Waals surface area contributed by atoms with Gasteiger partial charge in [-0.2, -0.15) is 11.8 Å². The average molecular weight is 336 g/mol. The predicted molar refractivity (Wildman–Crippen MR) is 72.3 cm³/mol. The first-order chi connectivity index (χ1) is 10.4. The van der Waals surface area contributed by atoms with Gasteiger partial charge in [0.15, 0.2) is 29.1 Å². The third-order valence-electron chi connectivity index (χ3n) is 4.36. The minimum Gasteiger partial charge on any atom is -0.294 e. The summed E-state index contributed by atoms with van der Waals surface area (Å²) in [6.45, 7) is 0. The van der Waals surface area contributed by atoms with E-state index in [2.05, 4.69) is 0 Å². The molecular formula is C15H13F5OS. The second-order valence-electron chi connectivity index (χ2n) is 5.79. The molecule has 2 heterocycles. The predicted octanol–water partition coefficient (Wildman–Crippen LogP) is 4.63. The van der Waals surface area contributed by atoms with Crippen molar-refractivity contribution in [1.82, 2.24) is 0 Å². The molecule has 22 heavy (non-hydrogen) atoms. The molecule has 0 aromatic heterocycles. The number of thioether (sulfide) groups is 1. The van der Waals surface area contributed by atoms with Crippen LogP contribution < -0.4 is 0 Å². The number of Topliss-reactive ketones (excluding diaryl/α,β-unsaturated/α-hetero) is 1. The standard InChI is InChI=1S/C15H13F5OS/c16-10-9(11(17)13(19)14(20)12(10)18)15(21)6-4-7-2-1-3-8(5-6)22-7/h6-8H,1-5H2. The highest BCUT2D eigenvalue weighted by atomic mass is 32.2. The molecule has 120 valence electrons. The maximum atomic E-state index is 13.8. The molecule has 0 saturated carbocycles. The van der Waals surface area contributed by atoms with E-state index in [9.17, 15) is 26.7 Å². The first-order valence-corrected chi connectivity index (χ1v) is 8.05. The zero-order chi connectivity index (χ0) is 16.0. The summed E-state index contributed by atoms with van der Waals surface area (Å²) in [4.78, 5) is 12.3. The number of carbonyl (C=O) groups is 1. The Kier molecular flexibility index (Phi) is 4.18. The van der Waals surface area contributed by atoms with E-state index < -0.39 is 46.4 Å². The number of hydrogen-bond donors (Lipinski definition) is 0. The molecular weight excluding hydrogens is 323 g/mol. The molecule has 2 bridgehead atoms. The number of benzene rings is 1. The SMILES string of the molecule is O=C(c1c(F)c(F)c(F)c(F)c1F)C1CC2CCCC(C1)S2. The van der Waals surface area contributed by atoms with Crippen molar-refractivity contribution >= 4 is 17.5 Å². The molecule has 0 spiro atoms. The van der Waals surface area contributed by atoms with Crippen molar-refractivity contribution in [3.63, 3.8) is 0 Å². The third-order valence-corrected chi connectivity index (χ3v) is 5.99. The van der Waals surface area contributed by atoms with Crippen molar-refractivity contribution in [1.29, 1.82) is 0 Å². The number of carbonyl (C=O) groups excluding carboxylic acids is 1. The van der Waals surface area contributed by atoms with Gasteiger partial charge in [-0.1, -0.05) is 6.42 Å². The summed E-state index contributed by atoms with van der Waals surface area (Å²) >= 11 is 1.76. The second kappa shape index (κ2) is 5.83. The molecule has 2 unspecified atom stereocenters. The molecule has 0 radical (unpaired) electrons. The molecule has 1 nitrogen and oxygen atoms in total. The van der Waals surface area contributed by atoms with Gasteiger partial charge in [0.1, 0.15) is 0 Å². The second-order valence-corrected chi connectivity index (χ2v) is 7.39. The van der Waals surface area contributed by atoms with Crippen molar-refractivity contribution in [2.24, 2.45) is 5.92 Å². The number of halogens is 5. The van der Waals surface area contributed by atoms with E-state index in [1.54, 1.807) is 11.8 Å². The van der Waals surface area contributed by atoms with Crippen LogP contribution in [0.1, 0.15) is 42.5 Å². The monoisotopic (exact) mass is 336 g/mol. The van der Waals surface area contributed by atoms with Gasteiger partial charge in [0.2, 0.25) is 5.82 Å². The first kappa shape index (κ1) is 15.8. The average Bonchev–Trinajstić information content (AvgIpc) is 2.50. The lowest BCUT2D eigenvalue weighted by Gasteiger charge is -2.38. The zero-order valence-electron chi connectivity index (χ0n) is 11.5. The van der Waals surface area contributed by atoms with E-state index in [0.29, 0.717) is 12.8 Å². The Morgan fingerprint density at radius 1 is 0.818 bits per heavy atom. The molecule has 0 amide bonds. The van der Waals surface area contributed by atoms with Crippen molar-refractivity contribution in [2.75, 3.05) is 0 Å². The van der Waals surface area contributed by atoms with Gasteiger partial charge in [0.25, 0.3) is 0 Å². The maximum absolute atomic E-state index is 13.8. The summed E-state index contributed by atoms with van der Waals surface area (Å²) in [5.41, 5.74) is -1.29. The van der Waals surface area contributed by atoms with Crippen LogP contribution in [-0.4, -0.2) is 16.3 Å². The van der Waals surface area contributed by atoms with Crippen molar-refractivity contribution in [3.05, 3.63) is 34.6 Å². The summed E-state index contributed by atoms with van der Waals surface area (Å²) in [6, 6.07) is 0. The fourth-order valence-corrected chi connectivity index (χ4v) is 5.14. The molecule has 2 atom stereocenters. The van der Waals surface area contributed by atoms with Crippen LogP contribution >= 0.6 is 11.8 Å². The molecule has 0 aliphatic carbocycles. The van der Waals surface area contributed by atoms with E-state index in [-0.39, 0.29) is 10.5 Å². The van der Waals surface area contributed by atoms with Gasteiger partial charge in [-0.25, -0.2) is 22.0 Å². The van der Waals surface area contributed by atoms with E-state index >= 15 is 0 Å². The highest BCUT2D eigenvalue weighted by Gasteiger charge is 2.39. The topological polar surface area (TPSA) is 17.1 Å². The first-order valence-electron chi connectivity index (χ1n) is 7.11. The number of rotatable bonds is 2. The summed E-state index contributed by atoms with van der Waals surface area (Å²) in [6.07, 6.45) is 3.74. The lowest BCUT2D eigenvalue weighted by molar-refractivity contribution is 0.0884. The van der Waals surface area contributed by atoms with Crippen molar-refractivity contribution in [2.45, 2.75) is 42.6 Å². The normalized spacial score (nSPS) is 27.8. The van der Waals surface area contributed by atoms with Gasteiger partial charge in [0, 0.05) is 16.4 Å². The quantitative estimate of drug-likeness (QED) is 0.339. The van der Waals surface area contributed by atoms with Crippen LogP contribution in [0.2, 0.25) is 0 Å². The smallest absolute Gasteiger partial charge is 0.200 e. The Hall–Kier alpha value is -1.11. The van der Waals surface area contributed by atoms with Crippen LogP contribution in [-0.2, 0) is 0 Å². The molecule has 2 aliphatic rings. The molecule has 2 saturated heterocycles. The summed E-state index contributed by atoms with van der Waals surface area (Å²) in [5, 5.41) is 0.449. The number of ketones is 1. The van der Waals surface area contributed by atoms with Gasteiger partial charge >= 0.3 is 0 Å². The Labute approximate surface area is 128 Å². The van der Waals surface area contributed by atoms with Gasteiger partial charge < -0.3 is 0 Å². The lowest BCUT2D eigenvalue weighted by Crippen LogP contribution is -2.34. The molecule has 2 aliphatic heterocycles. The fraction of sp³-hybridized carbons (Fsp3) is 0.533. The van der Waals surface area contributed by atoms with E-state index in [1.807, 2.05) is 0 Å². The van der Waals surface area contributed by atoms with Crippen LogP contribution in [0.25, 0.3) is 0 Å². The number of fused-ring (bicyclic) bond motifs is 2. The minimum atomic E-state index is -2.23. The summed E-state index contributed by atoms with van der Waals surface area (Å²) < 4.78 is 67.0. The van der Waals surface area contributed by atoms with Gasteiger partial charge in [-0.3, -0.25) is 4.79 Å². The summed E-state index contributed by atoms with van der Waals surface area (Å²) in [5.74, 6) is -12.0. The fourth-order valence-electron chi connectivity index (χ4n) is 3.30. The van der Waals surface area contributed by atoms with Crippen LogP contribution in [0.4, 0.5) is 22.0 Å². The van der Waals surface area contributed by atoms with Crippen LogP contribution in [0, 0.1) is 35.0 Å². The van der Waals surface area contributed by atoms with Gasteiger partial charge in [-0.05, 0) is 25.7 Å². The minimum absolute atomic E-state index is 0.225. The van der Waals surface area contributed by atoms with E-state index in [4.69, 9.17) is 0 Å². The van der Waals surface area contributed by atoms with Gasteiger partial charge in [0.05, 0.1) is 5.56 Å². The Balaban J connectivity index is 1.96. The molecule has 2 fully saturated rings. The Morgan fingerprint density at radius 3 is 1.77 bits per heavy atom. The van der Waals surface area contributed by atoms with E-state index in [1.165, 1.54) is 0 Å². The highest BCUT2D eigenvalue weighted by molar-refractivity contribution is 8.00. The van der Waals surface area contributed by atoms with Crippen molar-refractivity contribution in [3.8, 4) is 0 Å². The van der Waals surface area contributed by atoms with E-state index in [0.717, 1.165) is 19.3 Å². The third kappa shape index (κ3) is 2.53. The Morgan fingerprint density at radius 2 is 1.27 bits per heavy atom. The van der Waals surface area contributed by atoms with Crippen LogP contribution in [0.3, 0.4) is 0 Å². The zero-order valence-corrected chi connectivity index (χ0v) is 12.3. The number of hydrogen-bond acceptors (Lipinski definition) is 2. The molecule has 1 aromatic carbocycles. The van der Waals surface area contributed by atoms with Gasteiger partial charge in [-0.15, -0.1) is 0 Å². The molecule has 0 N–H and O–H groups in total. The van der Waals surface area contributed by atoms with Crippen LogP contribution in [0.5, 0.6) is 0 Å². The highest BCUT2D eigenvalue weighted by Crippen LogP contribution is 2.45. The summed E-state index contributed by atoms with van der Waals surface area (Å²) in [7, 11) is 0. The van der Waals surface area contributed by atoms with Crippen LogP contribution in [0.15, 0.2) is 0 Å². The molecule has 7 heteroatoms. The Bertz CT molecular complexity index is 592. The van der Waals surface area contributed by atoms with Crippen molar-refractivity contribution < 1.29 is 26.7 Å². The largest absolute Gasteiger partial charge is 0.294 e. The molecule has 3 rings (SSSR count). The molecule has 1 aromatic rings. The maximum Gasteiger partial charge on any atom is 0.200 e.